The number of amides is 3. The van der Waals surface area contributed by atoms with E-state index in [4.69, 9.17) is 11.6 Å². The molecule has 8 nitrogen and oxygen atoms in total. The van der Waals surface area contributed by atoms with Gasteiger partial charge in [-0.15, -0.1) is 0 Å². The summed E-state index contributed by atoms with van der Waals surface area (Å²) in [4.78, 5) is 44.0. The zero-order valence-corrected chi connectivity index (χ0v) is 27.4. The predicted octanol–water partition coefficient (Wildman–Crippen LogP) is 4.83. The molecule has 0 bridgehead atoms. The maximum Gasteiger partial charge on any atom is 0.251 e. The van der Waals surface area contributed by atoms with Gasteiger partial charge in [0.25, 0.3) is 5.91 Å². The molecule has 43 heavy (non-hydrogen) atoms. The van der Waals surface area contributed by atoms with E-state index in [1.165, 1.54) is 0 Å². The number of halogens is 1. The van der Waals surface area contributed by atoms with Crippen LogP contribution in [0.3, 0.4) is 0 Å². The molecule has 3 N–H and O–H groups in total. The number of carbonyl (C=O) groups is 3. The zero-order chi connectivity index (χ0) is 31.5. The fourth-order valence-electron chi connectivity index (χ4n) is 5.59. The van der Waals surface area contributed by atoms with Crippen molar-refractivity contribution >= 4 is 29.3 Å². The van der Waals surface area contributed by atoms with Crippen molar-refractivity contribution in [3.63, 3.8) is 0 Å². The molecule has 9 heteroatoms. The molecule has 3 amide bonds. The predicted molar refractivity (Wildman–Crippen MR) is 174 cm³/mol. The lowest BCUT2D eigenvalue weighted by molar-refractivity contribution is -0.130. The Morgan fingerprint density at radius 2 is 1.60 bits per heavy atom. The van der Waals surface area contributed by atoms with Crippen LogP contribution in [0.2, 0.25) is 5.02 Å². The molecule has 1 aliphatic carbocycles. The van der Waals surface area contributed by atoms with E-state index in [1.54, 1.807) is 19.1 Å². The lowest BCUT2D eigenvalue weighted by Gasteiger charge is -2.34. The van der Waals surface area contributed by atoms with Crippen LogP contribution in [-0.4, -0.2) is 79.9 Å². The summed E-state index contributed by atoms with van der Waals surface area (Å²) in [6.07, 6.45) is 4.49. The van der Waals surface area contributed by atoms with Crippen LogP contribution >= 0.6 is 11.6 Å². The molecule has 0 heterocycles. The van der Waals surface area contributed by atoms with Crippen LogP contribution in [0.15, 0.2) is 48.5 Å². The lowest BCUT2D eigenvalue weighted by Crippen LogP contribution is -2.55. The Kier molecular flexibility index (Phi) is 13.5. The second-order valence-electron chi connectivity index (χ2n) is 12.7. The largest absolute Gasteiger partial charge is 0.351 e. The third kappa shape index (κ3) is 11.2. The molecule has 0 aliphatic heterocycles. The van der Waals surface area contributed by atoms with Gasteiger partial charge in [-0.2, -0.15) is 0 Å². The third-order valence-electron chi connectivity index (χ3n) is 8.05. The molecule has 0 radical (unpaired) electrons. The van der Waals surface area contributed by atoms with E-state index in [9.17, 15) is 14.4 Å². The van der Waals surface area contributed by atoms with E-state index in [-0.39, 0.29) is 35.6 Å². The Hall–Kier alpha value is -2.94. The van der Waals surface area contributed by atoms with Gasteiger partial charge < -0.3 is 25.8 Å². The fraction of sp³-hybridized carbons (Fsp3) is 0.559. The average molecular weight is 612 g/mol. The van der Waals surface area contributed by atoms with Crippen LogP contribution in [-0.2, 0) is 16.1 Å². The zero-order valence-electron chi connectivity index (χ0n) is 26.7. The summed E-state index contributed by atoms with van der Waals surface area (Å²) in [6, 6.07) is 13.8. The van der Waals surface area contributed by atoms with Gasteiger partial charge in [-0.3, -0.25) is 14.4 Å². The van der Waals surface area contributed by atoms with Crippen molar-refractivity contribution in [1.82, 2.24) is 25.8 Å². The minimum atomic E-state index is -0.805. The SMILES string of the molecule is CC(C)C[C@H](NC(=O)[C@H](C)NC(=O)c1ccc(CN(C)CCN(C)C)cc1)C(=O)NC1CCCC[C@H]1c1cccc(Cl)c1. The highest BCUT2D eigenvalue weighted by atomic mass is 35.5. The lowest BCUT2D eigenvalue weighted by atomic mass is 9.80. The van der Waals surface area contributed by atoms with Crippen LogP contribution < -0.4 is 16.0 Å². The van der Waals surface area contributed by atoms with Gasteiger partial charge in [-0.25, -0.2) is 0 Å². The van der Waals surface area contributed by atoms with Gasteiger partial charge in [0.05, 0.1) is 0 Å². The highest BCUT2D eigenvalue weighted by molar-refractivity contribution is 6.30. The van der Waals surface area contributed by atoms with Crippen LogP contribution in [0.5, 0.6) is 0 Å². The number of hydrogen-bond acceptors (Lipinski definition) is 5. The van der Waals surface area contributed by atoms with Crippen molar-refractivity contribution in [3.8, 4) is 0 Å². The Morgan fingerprint density at radius 3 is 2.26 bits per heavy atom. The monoisotopic (exact) mass is 611 g/mol. The van der Waals surface area contributed by atoms with Crippen molar-refractivity contribution in [1.29, 1.82) is 0 Å². The maximum atomic E-state index is 13.5. The topological polar surface area (TPSA) is 93.8 Å². The molecule has 4 atom stereocenters. The number of nitrogens with one attached hydrogen (secondary N) is 3. The number of rotatable bonds is 14. The minimum absolute atomic E-state index is 0.0286. The number of likely N-dealkylation sites (N-methyl/N-ethyl adjacent to an activating group) is 2. The van der Waals surface area contributed by atoms with Crippen molar-refractivity contribution in [2.45, 2.75) is 83.5 Å². The summed E-state index contributed by atoms with van der Waals surface area (Å²) in [5, 5.41) is 9.64. The van der Waals surface area contributed by atoms with E-state index in [1.807, 2.05) is 44.2 Å². The quantitative estimate of drug-likeness (QED) is 0.285. The number of nitrogens with zero attached hydrogens (tertiary/aromatic N) is 2. The molecule has 1 saturated carbocycles. The van der Waals surface area contributed by atoms with Crippen LogP contribution in [0, 0.1) is 5.92 Å². The first kappa shape index (κ1) is 34.5. The Bertz CT molecular complexity index is 1200. The van der Waals surface area contributed by atoms with Crippen molar-refractivity contribution in [2.75, 3.05) is 34.2 Å². The normalized spacial score (nSPS) is 18.4. The molecule has 1 fully saturated rings. The first-order valence-electron chi connectivity index (χ1n) is 15.5. The van der Waals surface area contributed by atoms with Gasteiger partial charge in [0.15, 0.2) is 0 Å². The summed E-state index contributed by atoms with van der Waals surface area (Å²) in [5.41, 5.74) is 2.73. The number of benzene rings is 2. The van der Waals surface area contributed by atoms with Gasteiger partial charge in [-0.1, -0.05) is 62.6 Å². The highest BCUT2D eigenvalue weighted by Gasteiger charge is 2.32. The van der Waals surface area contributed by atoms with Crippen molar-refractivity contribution in [2.24, 2.45) is 5.92 Å². The summed E-state index contributed by atoms with van der Waals surface area (Å²) < 4.78 is 0. The second kappa shape index (κ2) is 16.8. The van der Waals surface area contributed by atoms with Crippen molar-refractivity contribution in [3.05, 3.63) is 70.2 Å². The highest BCUT2D eigenvalue weighted by Crippen LogP contribution is 2.34. The molecule has 1 unspecified atom stereocenters. The van der Waals surface area contributed by atoms with Gasteiger partial charge in [-0.05, 0) is 88.6 Å². The van der Waals surface area contributed by atoms with Crippen LogP contribution in [0.1, 0.15) is 80.3 Å². The molecule has 236 valence electrons. The third-order valence-corrected chi connectivity index (χ3v) is 8.28. The minimum Gasteiger partial charge on any atom is -0.351 e. The first-order chi connectivity index (χ1) is 20.4. The summed E-state index contributed by atoms with van der Waals surface area (Å²) in [7, 11) is 6.18. The first-order valence-corrected chi connectivity index (χ1v) is 15.9. The molecule has 3 rings (SSSR count). The van der Waals surface area contributed by atoms with E-state index >= 15 is 0 Å². The van der Waals surface area contributed by atoms with Crippen molar-refractivity contribution < 1.29 is 14.4 Å². The fourth-order valence-corrected chi connectivity index (χ4v) is 5.79. The molecule has 0 aromatic heterocycles. The molecule has 2 aromatic rings. The second-order valence-corrected chi connectivity index (χ2v) is 13.1. The van der Waals surface area contributed by atoms with Crippen LogP contribution in [0.4, 0.5) is 0 Å². The Labute approximate surface area is 262 Å². The molecular weight excluding hydrogens is 562 g/mol. The molecule has 0 spiro atoms. The molecular formula is C34H50ClN5O3. The number of carbonyl (C=O) groups excluding carboxylic acids is 3. The number of hydrogen-bond donors (Lipinski definition) is 3. The smallest absolute Gasteiger partial charge is 0.251 e. The Balaban J connectivity index is 1.58. The van der Waals surface area contributed by atoms with Gasteiger partial charge >= 0.3 is 0 Å². The van der Waals surface area contributed by atoms with E-state index in [0.717, 1.165) is 56.4 Å². The molecule has 2 aromatic carbocycles. The van der Waals surface area contributed by atoms with Gasteiger partial charge in [0.2, 0.25) is 11.8 Å². The maximum absolute atomic E-state index is 13.5. The van der Waals surface area contributed by atoms with E-state index in [0.29, 0.717) is 17.0 Å². The standard InChI is InChI=1S/C34H50ClN5O3/c1-23(2)20-31(34(43)37-30-13-8-7-12-29(30)27-10-9-11-28(35)21-27)38-32(41)24(3)36-33(42)26-16-14-25(15-17-26)22-40(6)19-18-39(4)5/h9-11,14-17,21,23-24,29-31H,7-8,12-13,18-20,22H2,1-6H3,(H,36,42)(H,37,43)(H,38,41)/t24-,29-,30?,31-/m0/s1. The van der Waals surface area contributed by atoms with Gasteiger partial charge in [0.1, 0.15) is 12.1 Å². The summed E-state index contributed by atoms with van der Waals surface area (Å²) in [6.45, 7) is 8.39. The van der Waals surface area contributed by atoms with E-state index < -0.39 is 12.1 Å². The summed E-state index contributed by atoms with van der Waals surface area (Å²) in [5.74, 6) is -0.535. The molecule has 0 saturated heterocycles. The summed E-state index contributed by atoms with van der Waals surface area (Å²) >= 11 is 6.26. The van der Waals surface area contributed by atoms with E-state index in [2.05, 4.69) is 53.0 Å². The Morgan fingerprint density at radius 1 is 0.907 bits per heavy atom. The van der Waals surface area contributed by atoms with Gasteiger partial charge in [0, 0.05) is 42.2 Å². The average Bonchev–Trinajstić information content (AvgIpc) is 2.96. The van der Waals surface area contributed by atoms with Crippen LogP contribution in [0.25, 0.3) is 0 Å². The molecule has 1 aliphatic rings.